The minimum absolute atomic E-state index is 0. The fraction of sp³-hybridized carbons (Fsp3) is 0.500. The maximum Gasteiger partial charge on any atom is 0.312 e. The van der Waals surface area contributed by atoms with Crippen LogP contribution in [0, 0.1) is 0 Å². The van der Waals surface area contributed by atoms with Crippen LogP contribution in [-0.4, -0.2) is 31.1 Å². The van der Waals surface area contributed by atoms with Crippen LogP contribution in [0.15, 0.2) is 17.5 Å². The number of nitrogens with one attached hydrogen (secondary N) is 3. The Labute approximate surface area is 127 Å². The fourth-order valence-electron chi connectivity index (χ4n) is 2.13. The largest absolute Gasteiger partial charge is 0.352 e. The van der Waals surface area contributed by atoms with E-state index in [0.717, 1.165) is 24.4 Å². The van der Waals surface area contributed by atoms with Gasteiger partial charge < -0.3 is 21.7 Å². The summed E-state index contributed by atoms with van der Waals surface area (Å²) in [7, 11) is 0. The van der Waals surface area contributed by atoms with Crippen LogP contribution in [0.1, 0.15) is 23.8 Å². The van der Waals surface area contributed by atoms with Crippen LogP contribution in [0.5, 0.6) is 0 Å². The van der Waals surface area contributed by atoms with E-state index in [1.807, 2.05) is 17.5 Å². The lowest BCUT2D eigenvalue weighted by molar-refractivity contribution is -0.122. The Morgan fingerprint density at radius 2 is 2.35 bits per heavy atom. The van der Waals surface area contributed by atoms with Crippen LogP contribution in [0.4, 0.5) is 4.79 Å². The minimum Gasteiger partial charge on any atom is -0.352 e. The summed E-state index contributed by atoms with van der Waals surface area (Å²) < 4.78 is 0. The molecule has 8 heteroatoms. The normalized spacial score (nSPS) is 18.9. The first-order chi connectivity index (χ1) is 9.15. The number of hydrogen-bond donors (Lipinski definition) is 4. The van der Waals surface area contributed by atoms with E-state index < -0.39 is 6.03 Å². The van der Waals surface area contributed by atoms with Gasteiger partial charge in [0, 0.05) is 17.5 Å². The zero-order chi connectivity index (χ0) is 13.7. The van der Waals surface area contributed by atoms with Gasteiger partial charge in [0.1, 0.15) is 0 Å². The molecule has 3 amide bonds. The Kier molecular flexibility index (Phi) is 6.77. The number of primary amides is 1. The molecule has 0 aromatic carbocycles. The first-order valence-electron chi connectivity index (χ1n) is 6.24. The number of amides is 3. The van der Waals surface area contributed by atoms with Gasteiger partial charge in [-0.1, -0.05) is 6.07 Å². The number of thiophene rings is 1. The molecule has 1 saturated heterocycles. The Balaban J connectivity index is 0.00000200. The number of carbonyl (C=O) groups excluding carboxylic acids is 2. The van der Waals surface area contributed by atoms with Crippen molar-refractivity contribution in [3.05, 3.63) is 22.4 Å². The second-order valence-corrected chi connectivity index (χ2v) is 5.52. The molecule has 1 aliphatic rings. The van der Waals surface area contributed by atoms with Crippen molar-refractivity contribution in [1.82, 2.24) is 16.0 Å². The van der Waals surface area contributed by atoms with Gasteiger partial charge in [-0.25, -0.2) is 4.79 Å². The van der Waals surface area contributed by atoms with Crippen molar-refractivity contribution in [3.8, 4) is 0 Å². The molecular formula is C12H19ClN4O2S. The van der Waals surface area contributed by atoms with Crippen LogP contribution in [0.3, 0.4) is 0 Å². The number of urea groups is 1. The summed E-state index contributed by atoms with van der Waals surface area (Å²) in [5, 5.41) is 10.7. The first kappa shape index (κ1) is 16.7. The molecule has 2 atom stereocenters. The Morgan fingerprint density at radius 1 is 1.55 bits per heavy atom. The first-order valence-corrected chi connectivity index (χ1v) is 7.12. The van der Waals surface area contributed by atoms with Crippen molar-refractivity contribution >= 4 is 35.7 Å². The highest BCUT2D eigenvalue weighted by Gasteiger charge is 2.21. The van der Waals surface area contributed by atoms with Crippen LogP contribution in [-0.2, 0) is 4.79 Å². The van der Waals surface area contributed by atoms with Crippen molar-refractivity contribution in [2.75, 3.05) is 13.1 Å². The molecule has 1 fully saturated rings. The summed E-state index contributed by atoms with van der Waals surface area (Å²) in [5.41, 5.74) is 5.15. The molecule has 0 saturated carbocycles. The number of hydrogen-bond acceptors (Lipinski definition) is 4. The molecule has 5 N–H and O–H groups in total. The van der Waals surface area contributed by atoms with Gasteiger partial charge in [-0.05, 0) is 24.4 Å². The highest BCUT2D eigenvalue weighted by molar-refractivity contribution is 7.10. The quantitative estimate of drug-likeness (QED) is 0.645. The summed E-state index contributed by atoms with van der Waals surface area (Å²) in [4.78, 5) is 23.9. The lowest BCUT2D eigenvalue weighted by Crippen LogP contribution is -2.40. The molecule has 0 aliphatic carbocycles. The maximum atomic E-state index is 12.0. The van der Waals surface area contributed by atoms with Gasteiger partial charge in [0.05, 0.1) is 12.5 Å². The van der Waals surface area contributed by atoms with Crippen molar-refractivity contribution in [3.63, 3.8) is 0 Å². The summed E-state index contributed by atoms with van der Waals surface area (Å²) in [6.45, 7) is 1.73. The van der Waals surface area contributed by atoms with Gasteiger partial charge in [-0.3, -0.25) is 4.79 Å². The smallest absolute Gasteiger partial charge is 0.312 e. The Hall–Kier alpha value is -1.31. The summed E-state index contributed by atoms with van der Waals surface area (Å²) in [6, 6.07) is 2.98. The highest BCUT2D eigenvalue weighted by Crippen LogP contribution is 2.21. The fourth-order valence-corrected chi connectivity index (χ4v) is 2.91. The monoisotopic (exact) mass is 318 g/mol. The van der Waals surface area contributed by atoms with E-state index in [-0.39, 0.29) is 36.8 Å². The van der Waals surface area contributed by atoms with E-state index >= 15 is 0 Å². The van der Waals surface area contributed by atoms with Crippen LogP contribution in [0.2, 0.25) is 0 Å². The molecular weight excluding hydrogens is 300 g/mol. The average molecular weight is 319 g/mol. The average Bonchev–Trinajstić information content (AvgIpc) is 2.99. The Bertz CT molecular complexity index is 435. The molecule has 20 heavy (non-hydrogen) atoms. The summed E-state index contributed by atoms with van der Waals surface area (Å²) in [5.74, 6) is -0.0687. The van der Waals surface area contributed by atoms with Crippen molar-refractivity contribution in [1.29, 1.82) is 0 Å². The van der Waals surface area contributed by atoms with Gasteiger partial charge in [-0.15, -0.1) is 23.7 Å². The topological polar surface area (TPSA) is 96.2 Å². The van der Waals surface area contributed by atoms with Crippen molar-refractivity contribution < 1.29 is 9.59 Å². The third kappa shape index (κ3) is 4.99. The number of rotatable bonds is 5. The van der Waals surface area contributed by atoms with Gasteiger partial charge in [0.15, 0.2) is 0 Å². The van der Waals surface area contributed by atoms with Gasteiger partial charge in [-0.2, -0.15) is 0 Å². The summed E-state index contributed by atoms with van der Waals surface area (Å²) in [6.07, 6.45) is 1.15. The van der Waals surface area contributed by atoms with E-state index in [1.54, 1.807) is 0 Å². The molecule has 6 nitrogen and oxygen atoms in total. The zero-order valence-electron chi connectivity index (χ0n) is 10.9. The second kappa shape index (κ2) is 8.08. The van der Waals surface area contributed by atoms with Crippen molar-refractivity contribution in [2.24, 2.45) is 5.73 Å². The van der Waals surface area contributed by atoms with Crippen LogP contribution in [0.25, 0.3) is 0 Å². The molecule has 2 rings (SSSR count). The molecule has 2 heterocycles. The number of carbonyl (C=O) groups is 2. The molecule has 1 aliphatic heterocycles. The molecule has 112 valence electrons. The third-order valence-corrected chi connectivity index (χ3v) is 4.00. The SMILES string of the molecule is Cl.NC(=O)NC(CC(=O)NC1CCNC1)c1cccs1. The van der Waals surface area contributed by atoms with Crippen LogP contribution < -0.4 is 21.7 Å². The highest BCUT2D eigenvalue weighted by atomic mass is 35.5. The molecule has 2 unspecified atom stereocenters. The summed E-state index contributed by atoms with van der Waals surface area (Å²) >= 11 is 1.50. The lowest BCUT2D eigenvalue weighted by atomic mass is 10.1. The van der Waals surface area contributed by atoms with E-state index in [2.05, 4.69) is 16.0 Å². The van der Waals surface area contributed by atoms with E-state index in [1.165, 1.54) is 11.3 Å². The third-order valence-electron chi connectivity index (χ3n) is 3.02. The van der Waals surface area contributed by atoms with Gasteiger partial charge >= 0.3 is 6.03 Å². The number of nitrogens with two attached hydrogens (primary N) is 1. The standard InChI is InChI=1S/C12H18N4O2S.ClH/c13-12(18)16-9(10-2-1-5-19-10)6-11(17)15-8-3-4-14-7-8;/h1-2,5,8-9,14H,3-4,6-7H2,(H,15,17)(H3,13,16,18);1H. The second-order valence-electron chi connectivity index (χ2n) is 4.54. The van der Waals surface area contributed by atoms with Crippen molar-refractivity contribution in [2.45, 2.75) is 24.9 Å². The van der Waals surface area contributed by atoms with Crippen LogP contribution >= 0.6 is 23.7 Å². The predicted octanol–water partition coefficient (Wildman–Crippen LogP) is 0.748. The molecule has 0 radical (unpaired) electrons. The minimum atomic E-state index is -0.617. The molecule has 0 spiro atoms. The molecule has 1 aromatic heterocycles. The lowest BCUT2D eigenvalue weighted by Gasteiger charge is -2.17. The van der Waals surface area contributed by atoms with Gasteiger partial charge in [0.25, 0.3) is 0 Å². The predicted molar refractivity (Wildman–Crippen MR) is 81.1 cm³/mol. The molecule has 1 aromatic rings. The van der Waals surface area contributed by atoms with Gasteiger partial charge in [0.2, 0.25) is 5.91 Å². The zero-order valence-corrected chi connectivity index (χ0v) is 12.6. The maximum absolute atomic E-state index is 12.0. The van der Waals surface area contributed by atoms with E-state index in [9.17, 15) is 9.59 Å². The molecule has 0 bridgehead atoms. The van der Waals surface area contributed by atoms with E-state index in [0.29, 0.717) is 0 Å². The number of halogens is 1. The Morgan fingerprint density at radius 3 is 2.90 bits per heavy atom. The van der Waals surface area contributed by atoms with E-state index in [4.69, 9.17) is 5.73 Å².